The van der Waals surface area contributed by atoms with Crippen molar-refractivity contribution in [3.05, 3.63) is 0 Å². The predicted octanol–water partition coefficient (Wildman–Crippen LogP) is 0.775. The van der Waals surface area contributed by atoms with Crippen LogP contribution in [-0.2, 0) is 14.3 Å². The normalized spacial score (nSPS) is 12.3. The molecule has 0 saturated carbocycles. The van der Waals surface area contributed by atoms with Crippen LogP contribution in [0.15, 0.2) is 0 Å². The molecule has 58 valence electrons. The molecule has 0 amide bonds. The lowest BCUT2D eigenvalue weighted by Gasteiger charge is -2.03. The van der Waals surface area contributed by atoms with E-state index in [-0.39, 0.29) is 5.92 Å². The molecule has 0 aliphatic heterocycles. The van der Waals surface area contributed by atoms with Crippen LogP contribution in [-0.4, -0.2) is 18.9 Å². The van der Waals surface area contributed by atoms with Gasteiger partial charge in [0.25, 0.3) is 0 Å². The van der Waals surface area contributed by atoms with Gasteiger partial charge in [-0.05, 0) is 6.42 Å². The zero-order valence-electron chi connectivity index (χ0n) is 6.51. The molecule has 0 fully saturated rings. The Morgan fingerprint density at radius 2 is 2.00 bits per heavy atom. The quantitative estimate of drug-likeness (QED) is 0.434. The predicted molar refractivity (Wildman–Crippen MR) is 36.5 cm³/mol. The van der Waals surface area contributed by atoms with Gasteiger partial charge in [0.15, 0.2) is 0 Å². The first-order chi connectivity index (χ1) is 4.63. The van der Waals surface area contributed by atoms with Crippen LogP contribution in [0.3, 0.4) is 0 Å². The molecule has 0 N–H and O–H groups in total. The van der Waals surface area contributed by atoms with E-state index in [2.05, 4.69) is 4.74 Å². The SMILES string of the molecule is CC[C@H](C)C(=O)C(=O)OC. The largest absolute Gasteiger partial charge is 0.463 e. The zero-order valence-corrected chi connectivity index (χ0v) is 6.51. The number of carbonyl (C=O) groups excluding carboxylic acids is 2. The Bertz CT molecular complexity index is 140. The summed E-state index contributed by atoms with van der Waals surface area (Å²) in [6.07, 6.45) is 0.675. The zero-order chi connectivity index (χ0) is 8.15. The summed E-state index contributed by atoms with van der Waals surface area (Å²) < 4.78 is 4.25. The van der Waals surface area contributed by atoms with Crippen LogP contribution in [0.25, 0.3) is 0 Å². The van der Waals surface area contributed by atoms with Gasteiger partial charge in [0, 0.05) is 5.92 Å². The fourth-order valence-corrected chi connectivity index (χ4v) is 0.487. The monoisotopic (exact) mass is 144 g/mol. The van der Waals surface area contributed by atoms with E-state index in [0.29, 0.717) is 6.42 Å². The van der Waals surface area contributed by atoms with Crippen molar-refractivity contribution >= 4 is 11.8 Å². The van der Waals surface area contributed by atoms with Gasteiger partial charge >= 0.3 is 5.97 Å². The standard InChI is InChI=1S/C7H12O3/c1-4-5(2)6(8)7(9)10-3/h5H,4H2,1-3H3/t5-/m0/s1. The molecule has 0 spiro atoms. The van der Waals surface area contributed by atoms with Crippen LogP contribution in [0.1, 0.15) is 20.3 Å². The summed E-state index contributed by atoms with van der Waals surface area (Å²) in [6.45, 7) is 3.56. The van der Waals surface area contributed by atoms with Gasteiger partial charge in [0.2, 0.25) is 5.78 Å². The molecule has 0 radical (unpaired) electrons. The summed E-state index contributed by atoms with van der Waals surface area (Å²) in [5.74, 6) is -1.40. The molecule has 0 aliphatic carbocycles. The van der Waals surface area contributed by atoms with Gasteiger partial charge in [-0.1, -0.05) is 13.8 Å². The molecular formula is C7H12O3. The number of methoxy groups -OCH3 is 1. The van der Waals surface area contributed by atoms with Gasteiger partial charge in [-0.3, -0.25) is 4.79 Å². The summed E-state index contributed by atoms with van der Waals surface area (Å²) in [6, 6.07) is 0. The molecule has 0 aromatic heterocycles. The van der Waals surface area contributed by atoms with Crippen LogP contribution in [0.4, 0.5) is 0 Å². The van der Waals surface area contributed by atoms with Gasteiger partial charge < -0.3 is 4.74 Å². The minimum atomic E-state index is -0.741. The molecule has 0 saturated heterocycles. The highest BCUT2D eigenvalue weighted by atomic mass is 16.5. The number of ether oxygens (including phenoxy) is 1. The van der Waals surface area contributed by atoms with E-state index in [0.717, 1.165) is 0 Å². The fourth-order valence-electron chi connectivity index (χ4n) is 0.487. The summed E-state index contributed by atoms with van der Waals surface area (Å²) in [4.78, 5) is 21.4. The fraction of sp³-hybridized carbons (Fsp3) is 0.714. The van der Waals surface area contributed by atoms with Crippen molar-refractivity contribution < 1.29 is 14.3 Å². The first-order valence-electron chi connectivity index (χ1n) is 3.25. The highest BCUT2D eigenvalue weighted by molar-refractivity contribution is 6.34. The summed E-state index contributed by atoms with van der Waals surface area (Å²) in [5, 5.41) is 0. The van der Waals surface area contributed by atoms with Gasteiger partial charge in [-0.2, -0.15) is 0 Å². The molecule has 0 unspecified atom stereocenters. The minimum Gasteiger partial charge on any atom is -0.463 e. The van der Waals surface area contributed by atoms with Crippen molar-refractivity contribution in [1.82, 2.24) is 0 Å². The summed E-state index contributed by atoms with van der Waals surface area (Å²) >= 11 is 0. The molecule has 0 rings (SSSR count). The average Bonchev–Trinajstić information content (AvgIpc) is 2.00. The molecule has 10 heavy (non-hydrogen) atoms. The molecule has 3 nitrogen and oxygen atoms in total. The third kappa shape index (κ3) is 2.17. The third-order valence-electron chi connectivity index (χ3n) is 1.45. The van der Waals surface area contributed by atoms with Crippen LogP contribution in [0.5, 0.6) is 0 Å². The number of hydrogen-bond acceptors (Lipinski definition) is 3. The highest BCUT2D eigenvalue weighted by Gasteiger charge is 2.19. The lowest BCUT2D eigenvalue weighted by molar-refractivity contribution is -0.153. The Labute approximate surface area is 60.4 Å². The van der Waals surface area contributed by atoms with E-state index < -0.39 is 11.8 Å². The number of rotatable bonds is 3. The van der Waals surface area contributed by atoms with Crippen LogP contribution < -0.4 is 0 Å². The van der Waals surface area contributed by atoms with E-state index in [9.17, 15) is 9.59 Å². The van der Waals surface area contributed by atoms with E-state index in [4.69, 9.17) is 0 Å². The Kier molecular flexibility index (Phi) is 3.69. The maximum atomic E-state index is 10.8. The van der Waals surface area contributed by atoms with Crippen molar-refractivity contribution in [2.75, 3.05) is 7.11 Å². The lowest BCUT2D eigenvalue weighted by atomic mass is 10.0. The Morgan fingerprint density at radius 3 is 2.30 bits per heavy atom. The highest BCUT2D eigenvalue weighted by Crippen LogP contribution is 2.02. The first kappa shape index (κ1) is 9.14. The number of esters is 1. The lowest BCUT2D eigenvalue weighted by Crippen LogP contribution is -2.22. The average molecular weight is 144 g/mol. The molecule has 0 bridgehead atoms. The van der Waals surface area contributed by atoms with Crippen molar-refractivity contribution in [3.63, 3.8) is 0 Å². The molecule has 0 aromatic rings. The van der Waals surface area contributed by atoms with Gasteiger partial charge in [0.05, 0.1) is 7.11 Å². The molecule has 1 atom stereocenters. The number of hydrogen-bond donors (Lipinski definition) is 0. The van der Waals surface area contributed by atoms with Gasteiger partial charge in [0.1, 0.15) is 0 Å². The van der Waals surface area contributed by atoms with Crippen molar-refractivity contribution in [1.29, 1.82) is 0 Å². The second-order valence-corrected chi connectivity index (χ2v) is 2.17. The topological polar surface area (TPSA) is 43.4 Å². The molecule has 0 aliphatic rings. The minimum absolute atomic E-state index is 0.215. The van der Waals surface area contributed by atoms with Gasteiger partial charge in [-0.15, -0.1) is 0 Å². The molecule has 0 aromatic carbocycles. The number of Topliss-reactive ketones (excluding diaryl/α,β-unsaturated/α-hetero) is 1. The maximum Gasteiger partial charge on any atom is 0.374 e. The van der Waals surface area contributed by atoms with Crippen LogP contribution in [0.2, 0.25) is 0 Å². The third-order valence-corrected chi connectivity index (χ3v) is 1.45. The number of carbonyl (C=O) groups is 2. The summed E-state index contributed by atoms with van der Waals surface area (Å²) in [5.41, 5.74) is 0. The van der Waals surface area contributed by atoms with Crippen molar-refractivity contribution in [2.45, 2.75) is 20.3 Å². The Hall–Kier alpha value is -0.860. The van der Waals surface area contributed by atoms with E-state index >= 15 is 0 Å². The second-order valence-electron chi connectivity index (χ2n) is 2.17. The maximum absolute atomic E-state index is 10.8. The number of ketones is 1. The van der Waals surface area contributed by atoms with E-state index in [1.54, 1.807) is 6.92 Å². The van der Waals surface area contributed by atoms with Crippen LogP contribution >= 0.6 is 0 Å². The molecular weight excluding hydrogens is 132 g/mol. The molecule has 0 heterocycles. The van der Waals surface area contributed by atoms with Crippen molar-refractivity contribution in [3.8, 4) is 0 Å². The molecule has 3 heteroatoms. The van der Waals surface area contributed by atoms with Crippen LogP contribution in [0, 0.1) is 5.92 Å². The summed E-state index contributed by atoms with van der Waals surface area (Å²) in [7, 11) is 1.21. The van der Waals surface area contributed by atoms with Crippen molar-refractivity contribution in [2.24, 2.45) is 5.92 Å². The smallest absolute Gasteiger partial charge is 0.374 e. The van der Waals surface area contributed by atoms with Gasteiger partial charge in [-0.25, -0.2) is 4.79 Å². The van der Waals surface area contributed by atoms with E-state index in [1.165, 1.54) is 7.11 Å². The first-order valence-corrected chi connectivity index (χ1v) is 3.25. The second kappa shape index (κ2) is 4.04. The van der Waals surface area contributed by atoms with E-state index in [1.807, 2.05) is 6.92 Å². The Morgan fingerprint density at radius 1 is 1.50 bits per heavy atom. The Balaban J connectivity index is 3.95.